The highest BCUT2D eigenvalue weighted by molar-refractivity contribution is 5.97. The number of nitrogens with zero attached hydrogens (tertiary/aromatic N) is 2. The zero-order valence-corrected chi connectivity index (χ0v) is 22.2. The first-order valence-electron chi connectivity index (χ1n) is 13.5. The Bertz CT molecular complexity index is 1360. The van der Waals surface area contributed by atoms with Crippen LogP contribution in [0.25, 0.3) is 21.5 Å². The second kappa shape index (κ2) is 9.18. The van der Waals surface area contributed by atoms with Crippen molar-refractivity contribution in [1.29, 1.82) is 0 Å². The second-order valence-electron chi connectivity index (χ2n) is 11.3. The third-order valence-electron chi connectivity index (χ3n) is 9.66. The van der Waals surface area contributed by atoms with Crippen LogP contribution in [0.4, 0.5) is 0 Å². The topological polar surface area (TPSA) is 78.1 Å². The molecule has 1 saturated carbocycles. The standard InChI is InChI=1S/C29H40N2O4/c1-7-15-28(5,8-2)18-11-13-19(14-12-18)30-24(32)20-16-22-23(17-21(20)25(30)33)27(35)31(26(22)34)29(6,9-3)10-4/h16-19H,7-15H2,1-6H3. The summed E-state index contributed by atoms with van der Waals surface area (Å²) in [6.45, 7) is 12.7. The molecule has 1 aliphatic rings. The molecular weight excluding hydrogens is 440 g/mol. The summed E-state index contributed by atoms with van der Waals surface area (Å²) in [7, 11) is 0. The Hall–Kier alpha value is -2.50. The molecule has 0 bridgehead atoms. The lowest BCUT2D eigenvalue weighted by atomic mass is 9.65. The number of rotatable bonds is 8. The Morgan fingerprint density at radius 2 is 1.17 bits per heavy atom. The van der Waals surface area contributed by atoms with Crippen LogP contribution in [-0.4, -0.2) is 9.13 Å². The third kappa shape index (κ3) is 3.84. The van der Waals surface area contributed by atoms with Gasteiger partial charge < -0.3 is 0 Å². The van der Waals surface area contributed by atoms with Crippen molar-refractivity contribution in [2.24, 2.45) is 11.3 Å². The van der Waals surface area contributed by atoms with Crippen LogP contribution in [0.1, 0.15) is 105 Å². The Morgan fingerprint density at radius 3 is 1.57 bits per heavy atom. The average Bonchev–Trinajstić information content (AvgIpc) is 3.26. The monoisotopic (exact) mass is 480 g/mol. The highest BCUT2D eigenvalue weighted by Crippen LogP contribution is 2.46. The minimum Gasteiger partial charge on any atom is -0.271 e. The first kappa shape index (κ1) is 25.6. The Kier molecular flexibility index (Phi) is 6.71. The SMILES string of the molecule is CCCC(C)(CC)C1CCC(n2c(=O)c3cc4c(=O)n(C(C)(CC)CC)c(=O)c4cc3c2=O)CC1. The molecule has 2 heterocycles. The molecule has 3 aromatic rings. The number of hydrogen-bond donors (Lipinski definition) is 0. The van der Waals surface area contributed by atoms with Crippen LogP contribution in [0.3, 0.4) is 0 Å². The van der Waals surface area contributed by atoms with Crippen LogP contribution in [0.2, 0.25) is 0 Å². The van der Waals surface area contributed by atoms with Crippen molar-refractivity contribution >= 4 is 21.5 Å². The predicted molar refractivity (Wildman–Crippen MR) is 143 cm³/mol. The van der Waals surface area contributed by atoms with Crippen LogP contribution in [0.5, 0.6) is 0 Å². The summed E-state index contributed by atoms with van der Waals surface area (Å²) in [6.07, 6.45) is 8.43. The van der Waals surface area contributed by atoms with Gasteiger partial charge in [-0.2, -0.15) is 0 Å². The molecule has 1 fully saturated rings. The second-order valence-corrected chi connectivity index (χ2v) is 11.3. The molecule has 0 aliphatic heterocycles. The fourth-order valence-electron chi connectivity index (χ4n) is 6.65. The van der Waals surface area contributed by atoms with Crippen molar-refractivity contribution < 1.29 is 0 Å². The van der Waals surface area contributed by atoms with E-state index in [1.165, 1.54) is 27.7 Å². The highest BCUT2D eigenvalue weighted by Gasteiger charge is 2.36. The Morgan fingerprint density at radius 1 is 0.714 bits per heavy atom. The minimum absolute atomic E-state index is 0.123. The summed E-state index contributed by atoms with van der Waals surface area (Å²) in [4.78, 5) is 53.3. The Balaban J connectivity index is 1.77. The number of benzene rings is 1. The van der Waals surface area contributed by atoms with E-state index in [1.807, 2.05) is 20.8 Å². The summed E-state index contributed by atoms with van der Waals surface area (Å²) in [5.74, 6) is 0.607. The van der Waals surface area contributed by atoms with E-state index in [-0.39, 0.29) is 49.8 Å². The molecule has 1 atom stereocenters. The molecule has 0 spiro atoms. The van der Waals surface area contributed by atoms with Gasteiger partial charge in [-0.3, -0.25) is 28.3 Å². The molecule has 190 valence electrons. The average molecular weight is 481 g/mol. The molecule has 2 aromatic heterocycles. The van der Waals surface area contributed by atoms with Gasteiger partial charge in [0.2, 0.25) is 0 Å². The van der Waals surface area contributed by atoms with Crippen LogP contribution >= 0.6 is 0 Å². The van der Waals surface area contributed by atoms with Gasteiger partial charge in [0.05, 0.1) is 21.5 Å². The van der Waals surface area contributed by atoms with Crippen LogP contribution in [0, 0.1) is 11.3 Å². The van der Waals surface area contributed by atoms with E-state index in [2.05, 4.69) is 20.8 Å². The molecule has 6 heteroatoms. The molecule has 0 radical (unpaired) electrons. The number of hydrogen-bond acceptors (Lipinski definition) is 4. The molecule has 0 N–H and O–H groups in total. The lowest BCUT2D eigenvalue weighted by molar-refractivity contribution is 0.100. The minimum atomic E-state index is -0.596. The van der Waals surface area contributed by atoms with Gasteiger partial charge >= 0.3 is 0 Å². The lowest BCUT2D eigenvalue weighted by Gasteiger charge is -2.41. The highest BCUT2D eigenvalue weighted by atomic mass is 16.2. The van der Waals surface area contributed by atoms with Crippen molar-refractivity contribution in [1.82, 2.24) is 9.13 Å². The Labute approximate surface area is 206 Å². The fourth-order valence-corrected chi connectivity index (χ4v) is 6.65. The summed E-state index contributed by atoms with van der Waals surface area (Å²) >= 11 is 0. The summed E-state index contributed by atoms with van der Waals surface area (Å²) in [5, 5.41) is 1.01. The van der Waals surface area contributed by atoms with E-state index in [4.69, 9.17) is 0 Å². The molecule has 4 rings (SSSR count). The first-order chi connectivity index (χ1) is 16.6. The van der Waals surface area contributed by atoms with Gasteiger partial charge in [-0.05, 0) is 75.3 Å². The van der Waals surface area contributed by atoms with Crippen LogP contribution in [-0.2, 0) is 5.54 Å². The van der Waals surface area contributed by atoms with Crippen molar-refractivity contribution in [2.75, 3.05) is 0 Å². The van der Waals surface area contributed by atoms with E-state index >= 15 is 0 Å². The molecule has 0 saturated heterocycles. The van der Waals surface area contributed by atoms with Gasteiger partial charge in [-0.25, -0.2) is 0 Å². The molecule has 1 aromatic carbocycles. The lowest BCUT2D eigenvalue weighted by Crippen LogP contribution is -2.42. The van der Waals surface area contributed by atoms with E-state index < -0.39 is 5.54 Å². The van der Waals surface area contributed by atoms with Crippen molar-refractivity contribution in [3.63, 3.8) is 0 Å². The molecule has 1 unspecified atom stereocenters. The predicted octanol–water partition coefficient (Wildman–Crippen LogP) is 5.40. The van der Waals surface area contributed by atoms with E-state index in [1.54, 1.807) is 0 Å². The van der Waals surface area contributed by atoms with Gasteiger partial charge in [0.25, 0.3) is 22.2 Å². The fraction of sp³-hybridized carbons (Fsp3) is 0.655. The molecule has 35 heavy (non-hydrogen) atoms. The van der Waals surface area contributed by atoms with Crippen molar-refractivity contribution in [3.05, 3.63) is 53.5 Å². The summed E-state index contributed by atoms with van der Waals surface area (Å²) < 4.78 is 2.73. The van der Waals surface area contributed by atoms with Gasteiger partial charge in [0, 0.05) is 11.6 Å². The van der Waals surface area contributed by atoms with Crippen molar-refractivity contribution in [3.8, 4) is 0 Å². The molecule has 1 aliphatic carbocycles. The first-order valence-corrected chi connectivity index (χ1v) is 13.5. The molecule has 6 nitrogen and oxygen atoms in total. The molecular formula is C29H40N2O4. The molecule has 0 amide bonds. The van der Waals surface area contributed by atoms with E-state index in [0.29, 0.717) is 24.2 Å². The zero-order chi connectivity index (χ0) is 25.7. The maximum Gasteiger partial charge on any atom is 0.262 e. The van der Waals surface area contributed by atoms with E-state index in [0.717, 1.165) is 38.5 Å². The maximum absolute atomic E-state index is 13.4. The summed E-state index contributed by atoms with van der Waals surface area (Å²) in [5.41, 5.74) is -1.67. The summed E-state index contributed by atoms with van der Waals surface area (Å²) in [6, 6.07) is 2.87. The van der Waals surface area contributed by atoms with Crippen molar-refractivity contribution in [2.45, 2.75) is 111 Å². The third-order valence-corrected chi connectivity index (χ3v) is 9.66. The van der Waals surface area contributed by atoms with E-state index in [9.17, 15) is 19.2 Å². The quantitative estimate of drug-likeness (QED) is 0.433. The van der Waals surface area contributed by atoms with Gasteiger partial charge in [-0.15, -0.1) is 0 Å². The maximum atomic E-state index is 13.4. The number of aromatic nitrogens is 2. The van der Waals surface area contributed by atoms with Gasteiger partial charge in [0.1, 0.15) is 0 Å². The normalized spacial score (nSPS) is 21.1. The van der Waals surface area contributed by atoms with Crippen LogP contribution in [0.15, 0.2) is 31.3 Å². The number of fused-ring (bicyclic) bond motifs is 2. The zero-order valence-electron chi connectivity index (χ0n) is 22.2. The smallest absolute Gasteiger partial charge is 0.262 e. The largest absolute Gasteiger partial charge is 0.271 e. The van der Waals surface area contributed by atoms with Gasteiger partial charge in [-0.1, -0.05) is 47.5 Å². The van der Waals surface area contributed by atoms with Crippen LogP contribution < -0.4 is 22.2 Å². The van der Waals surface area contributed by atoms with Gasteiger partial charge in [0.15, 0.2) is 0 Å².